The standard InChI is InChI=1S/C33H30ClN3O3/c1-2-18-36-20-24-12-6-9-15-31(24)37(21-26(36)22-38)33(40)29-17-16-25(19-30(29)34)35-32(39)28-14-8-7-13-27(28)23-10-4-3-5-11-23/h2-17,19,26,38H,1,18,20-22H2,(H,35,39). The van der Waals surface area contributed by atoms with Crippen LogP contribution >= 0.6 is 11.6 Å². The lowest BCUT2D eigenvalue weighted by atomic mass is 9.99. The van der Waals surface area contributed by atoms with E-state index in [1.807, 2.05) is 72.8 Å². The number of anilines is 2. The lowest BCUT2D eigenvalue weighted by molar-refractivity contribution is 0.0959. The van der Waals surface area contributed by atoms with Gasteiger partial charge in [0.25, 0.3) is 11.8 Å². The molecule has 6 nitrogen and oxygen atoms in total. The molecule has 1 aliphatic rings. The maximum absolute atomic E-state index is 13.9. The van der Waals surface area contributed by atoms with Gasteiger partial charge in [-0.25, -0.2) is 0 Å². The Morgan fingerprint density at radius 2 is 1.68 bits per heavy atom. The van der Waals surface area contributed by atoms with Gasteiger partial charge >= 0.3 is 0 Å². The molecule has 4 aromatic carbocycles. The number of rotatable bonds is 7. The Morgan fingerprint density at radius 1 is 0.950 bits per heavy atom. The lowest BCUT2D eigenvalue weighted by Crippen LogP contribution is -2.45. The van der Waals surface area contributed by atoms with Gasteiger partial charge in [0.15, 0.2) is 0 Å². The minimum absolute atomic E-state index is 0.102. The molecule has 2 N–H and O–H groups in total. The molecule has 1 aliphatic heterocycles. The molecule has 0 bridgehead atoms. The summed E-state index contributed by atoms with van der Waals surface area (Å²) in [5.41, 5.74) is 4.85. The van der Waals surface area contributed by atoms with Crippen molar-refractivity contribution < 1.29 is 14.7 Å². The maximum Gasteiger partial charge on any atom is 0.259 e. The van der Waals surface area contributed by atoms with Gasteiger partial charge < -0.3 is 15.3 Å². The van der Waals surface area contributed by atoms with Crippen LogP contribution in [0.1, 0.15) is 26.3 Å². The monoisotopic (exact) mass is 551 g/mol. The van der Waals surface area contributed by atoms with Gasteiger partial charge in [-0.1, -0.05) is 84.4 Å². The Labute approximate surface area is 239 Å². The van der Waals surface area contributed by atoms with Crippen molar-refractivity contribution in [2.75, 3.05) is 29.9 Å². The molecule has 0 saturated carbocycles. The van der Waals surface area contributed by atoms with Crippen molar-refractivity contribution in [1.82, 2.24) is 4.90 Å². The van der Waals surface area contributed by atoms with Crippen molar-refractivity contribution in [3.8, 4) is 11.1 Å². The van der Waals surface area contributed by atoms with Gasteiger partial charge in [0.05, 0.1) is 23.2 Å². The van der Waals surface area contributed by atoms with E-state index in [4.69, 9.17) is 11.6 Å². The van der Waals surface area contributed by atoms with Crippen LogP contribution in [0.5, 0.6) is 0 Å². The molecule has 4 aromatic rings. The summed E-state index contributed by atoms with van der Waals surface area (Å²) in [6, 6.07) is 29.5. The molecule has 1 atom stereocenters. The molecule has 5 rings (SSSR count). The van der Waals surface area contributed by atoms with Gasteiger partial charge in [-0.05, 0) is 47.0 Å². The first-order valence-corrected chi connectivity index (χ1v) is 13.5. The van der Waals surface area contributed by atoms with Crippen LogP contribution in [-0.4, -0.2) is 47.6 Å². The molecule has 0 spiro atoms. The highest BCUT2D eigenvalue weighted by atomic mass is 35.5. The van der Waals surface area contributed by atoms with Gasteiger partial charge in [0.2, 0.25) is 0 Å². The fourth-order valence-electron chi connectivity index (χ4n) is 5.09. The summed E-state index contributed by atoms with van der Waals surface area (Å²) in [4.78, 5) is 30.9. The van der Waals surface area contributed by atoms with Crippen LogP contribution in [0.25, 0.3) is 11.1 Å². The lowest BCUT2D eigenvalue weighted by Gasteiger charge is -2.30. The van der Waals surface area contributed by atoms with Gasteiger partial charge in [0, 0.05) is 36.6 Å². The summed E-state index contributed by atoms with van der Waals surface area (Å²) < 4.78 is 0. The predicted octanol–water partition coefficient (Wildman–Crippen LogP) is 6.27. The first-order valence-electron chi connectivity index (χ1n) is 13.1. The van der Waals surface area contributed by atoms with E-state index in [-0.39, 0.29) is 29.5 Å². The number of nitrogens with zero attached hydrogens (tertiary/aromatic N) is 2. The van der Waals surface area contributed by atoms with E-state index in [0.717, 1.165) is 22.4 Å². The van der Waals surface area contributed by atoms with Gasteiger partial charge in [-0.15, -0.1) is 6.58 Å². The fraction of sp³-hybridized carbons (Fsp3) is 0.152. The number of nitrogens with one attached hydrogen (secondary N) is 1. The Balaban J connectivity index is 1.40. The summed E-state index contributed by atoms with van der Waals surface area (Å²) in [7, 11) is 0. The topological polar surface area (TPSA) is 72.9 Å². The van der Waals surface area contributed by atoms with E-state index < -0.39 is 0 Å². The summed E-state index contributed by atoms with van der Waals surface area (Å²) >= 11 is 6.64. The second-order valence-electron chi connectivity index (χ2n) is 9.66. The third-order valence-corrected chi connectivity index (χ3v) is 7.41. The normalized spacial score (nSPS) is 15.2. The third kappa shape index (κ3) is 5.70. The quantitative estimate of drug-likeness (QED) is 0.266. The molecule has 0 aromatic heterocycles. The smallest absolute Gasteiger partial charge is 0.259 e. The fourth-order valence-corrected chi connectivity index (χ4v) is 5.35. The van der Waals surface area contributed by atoms with Crippen molar-refractivity contribution in [2.45, 2.75) is 12.6 Å². The molecule has 202 valence electrons. The molecule has 7 heteroatoms. The molecule has 0 saturated heterocycles. The second kappa shape index (κ2) is 12.3. The molecule has 2 amide bonds. The van der Waals surface area contributed by atoms with Crippen molar-refractivity contribution in [3.05, 3.63) is 131 Å². The molecule has 1 unspecified atom stereocenters. The number of carbonyl (C=O) groups excluding carboxylic acids is 2. The van der Waals surface area contributed by atoms with E-state index in [2.05, 4.69) is 16.8 Å². The van der Waals surface area contributed by atoms with Crippen molar-refractivity contribution in [1.29, 1.82) is 0 Å². The van der Waals surface area contributed by atoms with Crippen LogP contribution < -0.4 is 10.2 Å². The molecule has 0 radical (unpaired) electrons. The van der Waals surface area contributed by atoms with E-state index in [9.17, 15) is 14.7 Å². The highest BCUT2D eigenvalue weighted by Crippen LogP contribution is 2.31. The highest BCUT2D eigenvalue weighted by molar-refractivity contribution is 6.35. The van der Waals surface area contributed by atoms with E-state index in [1.165, 1.54) is 0 Å². The van der Waals surface area contributed by atoms with Crippen LogP contribution in [-0.2, 0) is 6.54 Å². The average molecular weight is 552 g/mol. The first kappa shape index (κ1) is 27.3. The molecular weight excluding hydrogens is 522 g/mol. The van der Waals surface area contributed by atoms with Crippen molar-refractivity contribution in [2.24, 2.45) is 0 Å². The van der Waals surface area contributed by atoms with E-state index >= 15 is 0 Å². The summed E-state index contributed by atoms with van der Waals surface area (Å²) in [6.45, 7) is 5.21. The average Bonchev–Trinajstić information content (AvgIpc) is 3.14. The summed E-state index contributed by atoms with van der Waals surface area (Å²) in [5, 5.41) is 13.3. The number of benzene rings is 4. The van der Waals surface area contributed by atoms with Gasteiger partial charge in [0.1, 0.15) is 0 Å². The molecule has 0 aliphatic carbocycles. The third-order valence-electron chi connectivity index (χ3n) is 7.10. The minimum Gasteiger partial charge on any atom is -0.395 e. The number of fused-ring (bicyclic) bond motifs is 1. The van der Waals surface area contributed by atoms with Crippen LogP contribution in [0.3, 0.4) is 0 Å². The Morgan fingerprint density at radius 3 is 2.42 bits per heavy atom. The van der Waals surface area contributed by atoms with E-state index in [0.29, 0.717) is 36.4 Å². The van der Waals surface area contributed by atoms with Crippen molar-refractivity contribution >= 4 is 34.8 Å². The number of aliphatic hydroxyl groups excluding tert-OH is 1. The van der Waals surface area contributed by atoms with Crippen LogP contribution in [0.4, 0.5) is 11.4 Å². The zero-order valence-electron chi connectivity index (χ0n) is 22.0. The predicted molar refractivity (Wildman–Crippen MR) is 161 cm³/mol. The zero-order chi connectivity index (χ0) is 28.1. The van der Waals surface area contributed by atoms with Gasteiger partial charge in [-0.3, -0.25) is 14.5 Å². The second-order valence-corrected chi connectivity index (χ2v) is 10.1. The number of carbonyl (C=O) groups is 2. The van der Waals surface area contributed by atoms with Gasteiger partial charge in [-0.2, -0.15) is 0 Å². The van der Waals surface area contributed by atoms with Crippen LogP contribution in [0.15, 0.2) is 110 Å². The Bertz CT molecular complexity index is 1540. The molecule has 0 fully saturated rings. The highest BCUT2D eigenvalue weighted by Gasteiger charge is 2.31. The molecule has 1 heterocycles. The number of halogens is 1. The first-order chi connectivity index (χ1) is 19.5. The minimum atomic E-state index is -0.274. The zero-order valence-corrected chi connectivity index (χ0v) is 22.7. The maximum atomic E-state index is 13.9. The molecule has 40 heavy (non-hydrogen) atoms. The van der Waals surface area contributed by atoms with Crippen LogP contribution in [0, 0.1) is 0 Å². The van der Waals surface area contributed by atoms with Crippen molar-refractivity contribution in [3.63, 3.8) is 0 Å². The number of hydrogen-bond donors (Lipinski definition) is 2. The van der Waals surface area contributed by atoms with E-state index in [1.54, 1.807) is 35.2 Å². The number of amides is 2. The number of aliphatic hydroxyl groups is 1. The Hall–Kier alpha value is -4.23. The largest absolute Gasteiger partial charge is 0.395 e. The number of hydrogen-bond acceptors (Lipinski definition) is 4. The van der Waals surface area contributed by atoms with Crippen LogP contribution in [0.2, 0.25) is 5.02 Å². The Kier molecular flexibility index (Phi) is 8.41. The summed E-state index contributed by atoms with van der Waals surface area (Å²) in [5.74, 6) is -0.548. The number of para-hydroxylation sites is 1. The SMILES string of the molecule is C=CCN1Cc2ccccc2N(C(=O)c2ccc(NC(=O)c3ccccc3-c3ccccc3)cc2Cl)CC1CO. The molecular formula is C33H30ClN3O3. The summed E-state index contributed by atoms with van der Waals surface area (Å²) in [6.07, 6.45) is 1.80.